The maximum absolute atomic E-state index is 13.2. The molecule has 6 nitrogen and oxygen atoms in total. The molecule has 1 aliphatic heterocycles. The van der Waals surface area contributed by atoms with Gasteiger partial charge in [0.25, 0.3) is 0 Å². The average Bonchev–Trinajstić information content (AvgIpc) is 2.65. The number of carbonyl (C=O) groups is 1. The van der Waals surface area contributed by atoms with Crippen molar-refractivity contribution < 1.29 is 22.7 Å². The third kappa shape index (κ3) is 3.13. The summed E-state index contributed by atoms with van der Waals surface area (Å²) >= 11 is 0. The fourth-order valence-electron chi connectivity index (χ4n) is 3.59. The van der Waals surface area contributed by atoms with Gasteiger partial charge in [0.05, 0.1) is 11.4 Å². The Hall–Kier alpha value is -2.54. The van der Waals surface area contributed by atoms with Crippen LogP contribution in [0.2, 0.25) is 0 Å². The second-order valence-corrected chi connectivity index (χ2v) is 9.63. The van der Waals surface area contributed by atoms with Crippen LogP contribution < -0.4 is 14.8 Å². The minimum Gasteiger partial charge on any atom is -0.486 e. The van der Waals surface area contributed by atoms with E-state index < -0.39 is 20.5 Å². The van der Waals surface area contributed by atoms with Crippen molar-refractivity contribution >= 4 is 15.7 Å². The van der Waals surface area contributed by atoms with Gasteiger partial charge in [-0.05, 0) is 50.5 Å². The highest BCUT2D eigenvalue weighted by Gasteiger charge is 2.55. The van der Waals surface area contributed by atoms with E-state index in [-0.39, 0.29) is 17.5 Å². The Morgan fingerprint density at radius 2 is 1.79 bits per heavy atom. The molecule has 0 aromatic heterocycles. The van der Waals surface area contributed by atoms with Gasteiger partial charge in [0.2, 0.25) is 5.91 Å². The normalized spacial score (nSPS) is 20.1. The van der Waals surface area contributed by atoms with Crippen molar-refractivity contribution in [1.29, 1.82) is 0 Å². The van der Waals surface area contributed by atoms with Crippen molar-refractivity contribution in [2.24, 2.45) is 0 Å². The van der Waals surface area contributed by atoms with Crippen LogP contribution in [0.4, 0.5) is 0 Å². The van der Waals surface area contributed by atoms with Crippen LogP contribution in [0.15, 0.2) is 53.4 Å². The third-order valence-electron chi connectivity index (χ3n) is 5.48. The summed E-state index contributed by atoms with van der Waals surface area (Å²) in [5.74, 6) is 0.836. The number of fused-ring (bicyclic) bond motifs is 1. The molecule has 1 heterocycles. The van der Waals surface area contributed by atoms with E-state index in [9.17, 15) is 13.2 Å². The van der Waals surface area contributed by atoms with Crippen LogP contribution in [0.1, 0.15) is 24.8 Å². The largest absolute Gasteiger partial charge is 0.486 e. The lowest BCUT2D eigenvalue weighted by molar-refractivity contribution is -0.126. The highest BCUT2D eigenvalue weighted by atomic mass is 32.2. The van der Waals surface area contributed by atoms with Crippen molar-refractivity contribution in [1.82, 2.24) is 5.32 Å². The van der Waals surface area contributed by atoms with Crippen molar-refractivity contribution in [3.05, 3.63) is 54.1 Å². The molecule has 1 unspecified atom stereocenters. The maximum atomic E-state index is 13.2. The number of para-hydroxylation sites is 2. The Morgan fingerprint density at radius 1 is 1.11 bits per heavy atom. The molecule has 148 valence electrons. The number of ether oxygens (including phenoxy) is 2. The van der Waals surface area contributed by atoms with E-state index in [4.69, 9.17) is 9.47 Å². The lowest BCUT2D eigenvalue weighted by atomic mass is 9.83. The second kappa shape index (κ2) is 7.13. The van der Waals surface area contributed by atoms with Gasteiger partial charge in [-0.3, -0.25) is 4.79 Å². The summed E-state index contributed by atoms with van der Waals surface area (Å²) in [6.45, 7) is 2.39. The fraction of sp³-hybridized carbons (Fsp3) is 0.381. The van der Waals surface area contributed by atoms with Crippen molar-refractivity contribution in [3.63, 3.8) is 0 Å². The zero-order valence-electron chi connectivity index (χ0n) is 15.7. The zero-order chi connectivity index (χ0) is 19.8. The number of benzene rings is 2. The molecule has 0 spiro atoms. The van der Waals surface area contributed by atoms with Crippen molar-refractivity contribution in [2.45, 2.75) is 41.9 Å². The molecular formula is C21H23NO5S. The van der Waals surface area contributed by atoms with Gasteiger partial charge in [0.15, 0.2) is 26.1 Å². The Bertz CT molecular complexity index is 980. The summed E-state index contributed by atoms with van der Waals surface area (Å²) in [5.41, 5.74) is 0.973. The molecular weight excluding hydrogens is 378 g/mol. The predicted octanol–water partition coefficient (Wildman–Crippen LogP) is 2.65. The number of carbonyl (C=O) groups excluding carboxylic acids is 1. The molecule has 7 heteroatoms. The Morgan fingerprint density at radius 3 is 2.43 bits per heavy atom. The molecule has 1 aliphatic carbocycles. The van der Waals surface area contributed by atoms with E-state index in [0.717, 1.165) is 12.0 Å². The first-order chi connectivity index (χ1) is 13.4. The van der Waals surface area contributed by atoms with E-state index in [1.54, 1.807) is 30.3 Å². The van der Waals surface area contributed by atoms with E-state index in [1.807, 2.05) is 25.1 Å². The molecule has 1 fully saturated rings. The monoisotopic (exact) mass is 401 g/mol. The number of hydrogen-bond acceptors (Lipinski definition) is 5. The van der Waals surface area contributed by atoms with Gasteiger partial charge in [-0.15, -0.1) is 0 Å². The van der Waals surface area contributed by atoms with Gasteiger partial charge in [0.1, 0.15) is 12.7 Å². The van der Waals surface area contributed by atoms with Crippen molar-refractivity contribution in [2.75, 3.05) is 13.2 Å². The number of rotatable bonds is 5. The summed E-state index contributed by atoms with van der Waals surface area (Å²) < 4.78 is 36.5. The lowest BCUT2D eigenvalue weighted by Crippen LogP contribution is -2.58. The summed E-state index contributed by atoms with van der Waals surface area (Å²) in [7, 11) is -3.77. The Kier molecular flexibility index (Phi) is 4.79. The van der Waals surface area contributed by atoms with Crippen LogP contribution >= 0.6 is 0 Å². The van der Waals surface area contributed by atoms with Gasteiger partial charge in [-0.2, -0.15) is 0 Å². The SMILES string of the molecule is Cc1ccc(S(=O)(=O)C2(C(=O)NCC3COc4ccccc4O3)CCC2)cc1. The number of aryl methyl sites for hydroxylation is 1. The van der Waals surface area contributed by atoms with Crippen LogP contribution in [0.25, 0.3) is 0 Å². The highest BCUT2D eigenvalue weighted by Crippen LogP contribution is 2.43. The van der Waals surface area contributed by atoms with E-state index in [2.05, 4.69) is 5.32 Å². The first-order valence-corrected chi connectivity index (χ1v) is 10.9. The van der Waals surface area contributed by atoms with Crippen LogP contribution in [0.5, 0.6) is 11.5 Å². The molecule has 1 atom stereocenters. The topological polar surface area (TPSA) is 81.7 Å². The standard InChI is InChI=1S/C21H23NO5S/c1-15-7-9-17(10-8-15)28(24,25)21(11-4-12-21)20(23)22-13-16-14-26-18-5-2-3-6-19(18)27-16/h2-3,5-10,16H,4,11-14H2,1H3,(H,22,23). The molecule has 2 aromatic carbocycles. The van der Waals surface area contributed by atoms with Crippen LogP contribution in [-0.2, 0) is 14.6 Å². The number of nitrogens with one attached hydrogen (secondary N) is 1. The van der Waals surface area contributed by atoms with Gasteiger partial charge in [-0.1, -0.05) is 29.8 Å². The van der Waals surface area contributed by atoms with Gasteiger partial charge < -0.3 is 14.8 Å². The zero-order valence-corrected chi connectivity index (χ0v) is 16.5. The number of amides is 1. The molecule has 28 heavy (non-hydrogen) atoms. The highest BCUT2D eigenvalue weighted by molar-refractivity contribution is 7.93. The summed E-state index contributed by atoms with van der Waals surface area (Å²) in [5, 5.41) is 2.79. The Balaban J connectivity index is 1.46. The minimum atomic E-state index is -3.77. The predicted molar refractivity (Wildman–Crippen MR) is 104 cm³/mol. The number of sulfone groups is 1. The third-order valence-corrected chi connectivity index (χ3v) is 7.99. The first kappa shape index (κ1) is 18.8. The van der Waals surface area contributed by atoms with Crippen molar-refractivity contribution in [3.8, 4) is 11.5 Å². The van der Waals surface area contributed by atoms with Crippen LogP contribution in [0.3, 0.4) is 0 Å². The molecule has 2 aromatic rings. The molecule has 1 N–H and O–H groups in total. The van der Waals surface area contributed by atoms with Gasteiger partial charge >= 0.3 is 0 Å². The molecule has 2 aliphatic rings. The quantitative estimate of drug-likeness (QED) is 0.833. The molecule has 0 saturated heterocycles. The maximum Gasteiger partial charge on any atom is 0.241 e. The fourth-order valence-corrected chi connectivity index (χ4v) is 5.68. The molecule has 4 rings (SSSR count). The van der Waals surface area contributed by atoms with E-state index in [1.165, 1.54) is 0 Å². The average molecular weight is 401 g/mol. The van der Waals surface area contributed by atoms with Crippen LogP contribution in [-0.4, -0.2) is 38.3 Å². The smallest absolute Gasteiger partial charge is 0.241 e. The van der Waals surface area contributed by atoms with Crippen LogP contribution in [0, 0.1) is 6.92 Å². The number of hydrogen-bond donors (Lipinski definition) is 1. The van der Waals surface area contributed by atoms with E-state index >= 15 is 0 Å². The minimum absolute atomic E-state index is 0.193. The summed E-state index contributed by atoms with van der Waals surface area (Å²) in [6, 6.07) is 14.0. The second-order valence-electron chi connectivity index (χ2n) is 7.37. The molecule has 1 saturated carbocycles. The molecule has 1 amide bonds. The summed E-state index contributed by atoms with van der Waals surface area (Å²) in [6.07, 6.45) is 1.02. The Labute approximate surface area is 164 Å². The summed E-state index contributed by atoms with van der Waals surface area (Å²) in [4.78, 5) is 13.1. The molecule has 0 radical (unpaired) electrons. The van der Waals surface area contributed by atoms with Gasteiger partial charge in [-0.25, -0.2) is 8.42 Å². The molecule has 0 bridgehead atoms. The lowest BCUT2D eigenvalue weighted by Gasteiger charge is -2.39. The first-order valence-electron chi connectivity index (χ1n) is 9.40. The van der Waals surface area contributed by atoms with Gasteiger partial charge in [0, 0.05) is 0 Å². The van der Waals surface area contributed by atoms with E-state index in [0.29, 0.717) is 30.9 Å².